The number of rotatable bonds is 3. The minimum absolute atomic E-state index is 0.456. The molecule has 0 spiro atoms. The van der Waals surface area contributed by atoms with Crippen LogP contribution in [-0.4, -0.2) is 28.9 Å². The second-order valence-corrected chi connectivity index (χ2v) is 6.51. The van der Waals surface area contributed by atoms with Gasteiger partial charge in [0.15, 0.2) is 5.65 Å². The van der Waals surface area contributed by atoms with Crippen LogP contribution in [-0.2, 0) is 0 Å². The number of nitrogens with one attached hydrogen (secondary N) is 2. The first kappa shape index (κ1) is 15.4. The average molecular weight is 373 g/mol. The summed E-state index contributed by atoms with van der Waals surface area (Å²) < 4.78 is 6.75. The van der Waals surface area contributed by atoms with Gasteiger partial charge in [-0.1, -0.05) is 0 Å². The first-order chi connectivity index (χ1) is 13.3. The lowest BCUT2D eigenvalue weighted by atomic mass is 10.1. The van der Waals surface area contributed by atoms with Crippen LogP contribution in [0.1, 0.15) is 5.56 Å². The van der Waals surface area contributed by atoms with Crippen LogP contribution in [0.25, 0.3) is 16.9 Å². The molecule has 10 heteroatoms. The summed E-state index contributed by atoms with van der Waals surface area (Å²) in [5, 5.41) is 16.8. The normalized spacial score (nSPS) is 15.0. The van der Waals surface area contributed by atoms with Crippen molar-refractivity contribution in [1.82, 2.24) is 33.6 Å². The average Bonchev–Trinajstić information content (AvgIpc) is 3.33. The third-order valence-corrected chi connectivity index (χ3v) is 4.71. The molecule has 2 N–H and O–H groups in total. The van der Waals surface area contributed by atoms with E-state index < -0.39 is 0 Å². The number of pyridine rings is 1. The van der Waals surface area contributed by atoms with E-state index in [1.165, 1.54) is 18.3 Å². The second kappa shape index (κ2) is 6.15. The summed E-state index contributed by atoms with van der Waals surface area (Å²) >= 11 is 1.50. The van der Waals surface area contributed by atoms with Crippen molar-refractivity contribution in [3.8, 4) is 17.3 Å². The number of hydrogen-bond donors (Lipinski definition) is 2. The van der Waals surface area contributed by atoms with Gasteiger partial charge in [-0.05, 0) is 18.2 Å². The Hall–Kier alpha value is -3.84. The van der Waals surface area contributed by atoms with Gasteiger partial charge in [-0.25, -0.2) is 4.52 Å². The van der Waals surface area contributed by atoms with E-state index >= 15 is 0 Å². The van der Waals surface area contributed by atoms with Gasteiger partial charge >= 0.3 is 0 Å². The summed E-state index contributed by atoms with van der Waals surface area (Å²) in [7, 11) is 0. The molecule has 5 rings (SSSR count). The van der Waals surface area contributed by atoms with E-state index in [1.807, 2.05) is 28.9 Å². The highest BCUT2D eigenvalue weighted by molar-refractivity contribution is 7.95. The van der Waals surface area contributed by atoms with Crippen molar-refractivity contribution in [2.45, 2.75) is 0 Å². The van der Waals surface area contributed by atoms with Crippen molar-refractivity contribution in [3.63, 3.8) is 0 Å². The van der Waals surface area contributed by atoms with Crippen LogP contribution in [0.3, 0.4) is 0 Å². The fourth-order valence-corrected chi connectivity index (χ4v) is 3.37. The molecule has 9 nitrogen and oxygen atoms in total. The first-order valence-electron chi connectivity index (χ1n) is 7.96. The zero-order chi connectivity index (χ0) is 18.2. The number of nitrogens with zero attached hydrogens (tertiary/aromatic N) is 7. The maximum absolute atomic E-state index is 9.09. The summed E-state index contributed by atoms with van der Waals surface area (Å²) in [6.07, 6.45) is 14.4. The predicted molar refractivity (Wildman–Crippen MR) is 100 cm³/mol. The van der Waals surface area contributed by atoms with Crippen molar-refractivity contribution in [2.75, 3.05) is 5.32 Å². The summed E-state index contributed by atoms with van der Waals surface area (Å²) in [5.74, 6) is 0.456. The highest BCUT2D eigenvalue weighted by Gasteiger charge is 2.17. The first-order valence-corrected chi connectivity index (χ1v) is 8.73. The van der Waals surface area contributed by atoms with E-state index in [-0.39, 0.29) is 0 Å². The molecule has 2 aliphatic rings. The van der Waals surface area contributed by atoms with E-state index in [4.69, 9.17) is 5.26 Å². The number of aromatic nitrogens is 5. The van der Waals surface area contributed by atoms with Crippen LogP contribution in [0.15, 0.2) is 66.8 Å². The van der Waals surface area contributed by atoms with Crippen LogP contribution < -0.4 is 10.0 Å². The second-order valence-electron chi connectivity index (χ2n) is 5.70. The molecule has 27 heavy (non-hydrogen) atoms. The van der Waals surface area contributed by atoms with Crippen LogP contribution >= 0.6 is 12.1 Å². The van der Waals surface area contributed by atoms with Crippen molar-refractivity contribution in [3.05, 3.63) is 72.4 Å². The molecular formula is C17H11N9S. The number of fused-ring (bicyclic) bond motifs is 2. The maximum atomic E-state index is 9.09. The predicted octanol–water partition coefficient (Wildman–Crippen LogP) is 2.19. The van der Waals surface area contributed by atoms with Gasteiger partial charge in [-0.3, -0.25) is 14.3 Å². The molecule has 5 heterocycles. The number of allylic oxidation sites excluding steroid dienone is 2. The Bertz CT molecular complexity index is 1180. The lowest BCUT2D eigenvalue weighted by Crippen LogP contribution is -2.10. The van der Waals surface area contributed by atoms with Crippen LogP contribution in [0.5, 0.6) is 0 Å². The molecule has 130 valence electrons. The fraction of sp³-hybridized carbons (Fsp3) is 0. The van der Waals surface area contributed by atoms with Gasteiger partial charge in [0.2, 0.25) is 5.95 Å². The minimum Gasteiger partial charge on any atom is -0.323 e. The summed E-state index contributed by atoms with van der Waals surface area (Å²) in [6.45, 7) is 0. The van der Waals surface area contributed by atoms with Gasteiger partial charge in [0.1, 0.15) is 11.8 Å². The molecule has 0 atom stereocenters. The van der Waals surface area contributed by atoms with Crippen LogP contribution in [0, 0.1) is 11.3 Å². The van der Waals surface area contributed by atoms with E-state index in [2.05, 4.69) is 36.2 Å². The molecule has 0 fully saturated rings. The number of hydrogen-bond acceptors (Lipinski definition) is 9. The van der Waals surface area contributed by atoms with Crippen LogP contribution in [0.2, 0.25) is 0 Å². The maximum Gasteiger partial charge on any atom is 0.247 e. The van der Waals surface area contributed by atoms with Gasteiger partial charge in [0, 0.05) is 48.4 Å². The van der Waals surface area contributed by atoms with Crippen molar-refractivity contribution >= 4 is 23.7 Å². The minimum atomic E-state index is 0.456. The van der Waals surface area contributed by atoms with E-state index in [0.29, 0.717) is 28.4 Å². The monoisotopic (exact) mass is 373 g/mol. The smallest absolute Gasteiger partial charge is 0.247 e. The Morgan fingerprint density at radius 1 is 1.30 bits per heavy atom. The van der Waals surface area contributed by atoms with Gasteiger partial charge in [0.25, 0.3) is 0 Å². The quantitative estimate of drug-likeness (QED) is 0.668. The third kappa shape index (κ3) is 2.76. The van der Waals surface area contributed by atoms with Crippen molar-refractivity contribution in [1.29, 1.82) is 5.26 Å². The van der Waals surface area contributed by atoms with Crippen molar-refractivity contribution < 1.29 is 0 Å². The summed E-state index contributed by atoms with van der Waals surface area (Å²) in [6, 6.07) is 3.82. The van der Waals surface area contributed by atoms with Gasteiger partial charge in [-0.15, -0.1) is 5.10 Å². The third-order valence-electron chi connectivity index (χ3n) is 3.96. The SMILES string of the molecule is N#Cc1cncc(-c2nccn3nc(NC4=CC5=CNSN5C=C4)nc23)c1. The molecule has 0 aliphatic carbocycles. The van der Waals surface area contributed by atoms with Gasteiger partial charge < -0.3 is 10.0 Å². The molecule has 0 radical (unpaired) electrons. The van der Waals surface area contributed by atoms with E-state index in [0.717, 1.165) is 11.4 Å². The molecule has 3 aromatic heterocycles. The zero-order valence-corrected chi connectivity index (χ0v) is 14.6. The Kier molecular flexibility index (Phi) is 3.51. The standard InChI is InChI=1S/C17H11N9S/c18-7-11-5-12(9-19-8-11)15-16-23-17(24-25(16)4-2-20-15)22-13-1-3-26-14(6-13)10-21-27-26/h1-6,8-10,21H,(H,22,24). The number of nitriles is 1. The van der Waals surface area contributed by atoms with Crippen molar-refractivity contribution in [2.24, 2.45) is 0 Å². The van der Waals surface area contributed by atoms with E-state index in [9.17, 15) is 0 Å². The topological polar surface area (TPSA) is 107 Å². The summed E-state index contributed by atoms with van der Waals surface area (Å²) in [5.41, 5.74) is 4.28. The number of anilines is 1. The molecule has 0 saturated carbocycles. The fourth-order valence-electron chi connectivity index (χ4n) is 2.75. The molecule has 0 amide bonds. The Morgan fingerprint density at radius 3 is 3.19 bits per heavy atom. The molecule has 2 aliphatic heterocycles. The Morgan fingerprint density at radius 2 is 2.26 bits per heavy atom. The highest BCUT2D eigenvalue weighted by Crippen LogP contribution is 2.28. The highest BCUT2D eigenvalue weighted by atomic mass is 32.2. The Labute approximate surface area is 158 Å². The zero-order valence-electron chi connectivity index (χ0n) is 13.7. The molecule has 3 aromatic rings. The van der Waals surface area contributed by atoms with Crippen LogP contribution in [0.4, 0.5) is 5.95 Å². The molecule has 0 aromatic carbocycles. The van der Waals surface area contributed by atoms with Gasteiger partial charge in [-0.2, -0.15) is 10.2 Å². The summed E-state index contributed by atoms with van der Waals surface area (Å²) in [4.78, 5) is 13.1. The molecule has 0 saturated heterocycles. The van der Waals surface area contributed by atoms with Gasteiger partial charge in [0.05, 0.1) is 23.4 Å². The molecule has 0 bridgehead atoms. The lowest BCUT2D eigenvalue weighted by molar-refractivity contribution is 0.801. The molecule has 0 unspecified atom stereocenters. The molecular weight excluding hydrogens is 362 g/mol. The van der Waals surface area contributed by atoms with E-state index in [1.54, 1.807) is 29.2 Å². The lowest BCUT2D eigenvalue weighted by Gasteiger charge is -2.17. The largest absolute Gasteiger partial charge is 0.323 e. The Balaban J connectivity index is 1.51.